The summed E-state index contributed by atoms with van der Waals surface area (Å²) in [7, 11) is -2.18. The molecule has 1 N–H and O–H groups in total. The number of allylic oxidation sites excluding steroid dienone is 1. The molecule has 2 aromatic rings. The van der Waals surface area contributed by atoms with E-state index in [2.05, 4.69) is 27.8 Å². The van der Waals surface area contributed by atoms with Crippen molar-refractivity contribution in [3.8, 4) is 0 Å². The van der Waals surface area contributed by atoms with E-state index < -0.39 is 15.9 Å². The predicted molar refractivity (Wildman–Crippen MR) is 126 cm³/mol. The quantitative estimate of drug-likeness (QED) is 0.653. The second-order valence-corrected chi connectivity index (χ2v) is 10.4. The smallest absolute Gasteiger partial charge is 0.240 e. The average molecular weight is 454 g/mol. The van der Waals surface area contributed by atoms with Crippen molar-refractivity contribution < 1.29 is 13.2 Å². The lowest BCUT2D eigenvalue weighted by molar-refractivity contribution is -0.134. The lowest BCUT2D eigenvalue weighted by Crippen LogP contribution is -2.42. The molecule has 2 aromatic carbocycles. The molecule has 2 atom stereocenters. The Balaban J connectivity index is 1.67. The highest BCUT2D eigenvalue weighted by atomic mass is 32.2. The van der Waals surface area contributed by atoms with Crippen LogP contribution in [0.25, 0.3) is 0 Å². The highest BCUT2D eigenvalue weighted by Gasteiger charge is 2.33. The number of hydrogen-bond donors (Lipinski definition) is 1. The van der Waals surface area contributed by atoms with E-state index in [1.54, 1.807) is 18.2 Å². The molecular weight excluding hydrogens is 422 g/mol. The number of benzene rings is 2. The van der Waals surface area contributed by atoms with Crippen LogP contribution in [0.2, 0.25) is 0 Å². The van der Waals surface area contributed by atoms with Gasteiger partial charge >= 0.3 is 0 Å². The summed E-state index contributed by atoms with van der Waals surface area (Å²) in [6, 6.07) is 16.9. The zero-order valence-electron chi connectivity index (χ0n) is 18.5. The molecule has 1 amide bonds. The van der Waals surface area contributed by atoms with Gasteiger partial charge in [0.25, 0.3) is 0 Å². The van der Waals surface area contributed by atoms with Crippen molar-refractivity contribution in [2.75, 3.05) is 33.2 Å². The first-order valence-corrected chi connectivity index (χ1v) is 12.7. The fourth-order valence-electron chi connectivity index (χ4n) is 4.66. The number of nitrogens with one attached hydrogen (secondary N) is 1. The van der Waals surface area contributed by atoms with Crippen molar-refractivity contribution >= 4 is 15.9 Å². The third kappa shape index (κ3) is 4.95. The molecule has 4 rings (SSSR count). The summed E-state index contributed by atoms with van der Waals surface area (Å²) < 4.78 is 27.0. The molecule has 0 aliphatic carbocycles. The fraction of sp³-hybridized carbons (Fsp3) is 0.400. The Hall–Kier alpha value is -2.48. The van der Waals surface area contributed by atoms with E-state index in [0.29, 0.717) is 13.0 Å². The van der Waals surface area contributed by atoms with Crippen LogP contribution in [0.4, 0.5) is 0 Å². The molecule has 0 radical (unpaired) electrons. The Labute approximate surface area is 191 Å². The summed E-state index contributed by atoms with van der Waals surface area (Å²) in [4.78, 5) is 18.5. The van der Waals surface area contributed by atoms with Gasteiger partial charge in [0.05, 0.1) is 16.9 Å². The van der Waals surface area contributed by atoms with Gasteiger partial charge in [-0.15, -0.1) is 0 Å². The minimum atomic E-state index is -3.57. The molecule has 7 heteroatoms. The second kappa shape index (κ2) is 9.98. The molecule has 0 bridgehead atoms. The number of carbonyl (C=O) groups is 1. The van der Waals surface area contributed by atoms with E-state index in [0.717, 1.165) is 30.8 Å². The van der Waals surface area contributed by atoms with Crippen molar-refractivity contribution in [3.05, 3.63) is 77.9 Å². The van der Waals surface area contributed by atoms with Gasteiger partial charge in [0.2, 0.25) is 15.9 Å². The largest absolute Gasteiger partial charge is 0.330 e. The molecular formula is C25H31N3O3S. The second-order valence-electron chi connectivity index (χ2n) is 8.46. The number of hydrogen-bond acceptors (Lipinski definition) is 4. The molecule has 0 spiro atoms. The number of amides is 1. The first kappa shape index (κ1) is 22.7. The summed E-state index contributed by atoms with van der Waals surface area (Å²) in [5.41, 5.74) is 1.86. The summed E-state index contributed by atoms with van der Waals surface area (Å²) in [5, 5.41) is 0. The van der Waals surface area contributed by atoms with Gasteiger partial charge in [-0.2, -0.15) is 0 Å². The van der Waals surface area contributed by atoms with Gasteiger partial charge in [-0.3, -0.25) is 4.79 Å². The van der Waals surface area contributed by atoms with Crippen molar-refractivity contribution in [3.63, 3.8) is 0 Å². The third-order valence-electron chi connectivity index (χ3n) is 6.45. The molecule has 0 aromatic heterocycles. The third-order valence-corrected chi connectivity index (χ3v) is 7.86. The average Bonchev–Trinajstić information content (AvgIpc) is 3.26. The molecule has 170 valence electrons. The van der Waals surface area contributed by atoms with Crippen LogP contribution < -0.4 is 4.72 Å². The van der Waals surface area contributed by atoms with E-state index in [1.165, 1.54) is 19.9 Å². The van der Waals surface area contributed by atoms with Gasteiger partial charge in [-0.25, -0.2) is 13.1 Å². The molecule has 1 fully saturated rings. The van der Waals surface area contributed by atoms with Crippen molar-refractivity contribution in [2.24, 2.45) is 0 Å². The van der Waals surface area contributed by atoms with Crippen LogP contribution in [0.15, 0.2) is 71.6 Å². The first-order chi connectivity index (χ1) is 15.5. The molecule has 1 saturated heterocycles. The number of carbonyl (C=O) groups excluding carboxylic acids is 1. The standard InChI is InChI=1S/C25H31N3O3S/c1-26-32(30,31)22-13-9-12-21(18-22)23-14-5-6-17-28(25(23)29)24(19-27-15-7-8-16-27)20-10-3-2-4-11-20/h2-6,9-13,18,23-24,26H,7-8,14-17,19H2,1H3. The van der Waals surface area contributed by atoms with Crippen molar-refractivity contribution in [2.45, 2.75) is 36.1 Å². The lowest BCUT2D eigenvalue weighted by atomic mass is 9.93. The number of nitrogens with zero attached hydrogens (tertiary/aromatic N) is 2. The zero-order chi connectivity index (χ0) is 22.6. The molecule has 2 heterocycles. The summed E-state index contributed by atoms with van der Waals surface area (Å²) in [6.45, 7) is 3.49. The van der Waals surface area contributed by atoms with Crippen LogP contribution in [0, 0.1) is 0 Å². The Kier molecular flexibility index (Phi) is 7.08. The number of rotatable bonds is 7. The van der Waals surface area contributed by atoms with Crippen LogP contribution in [0.5, 0.6) is 0 Å². The highest BCUT2D eigenvalue weighted by Crippen LogP contribution is 2.32. The van der Waals surface area contributed by atoms with E-state index >= 15 is 0 Å². The van der Waals surface area contributed by atoms with Crippen LogP contribution in [-0.4, -0.2) is 57.4 Å². The molecule has 2 unspecified atom stereocenters. The van der Waals surface area contributed by atoms with E-state index in [9.17, 15) is 13.2 Å². The van der Waals surface area contributed by atoms with Crippen LogP contribution in [0.3, 0.4) is 0 Å². The van der Waals surface area contributed by atoms with Gasteiger partial charge in [-0.05, 0) is 62.7 Å². The van der Waals surface area contributed by atoms with Gasteiger partial charge in [0, 0.05) is 13.1 Å². The first-order valence-electron chi connectivity index (χ1n) is 11.3. The lowest BCUT2D eigenvalue weighted by Gasteiger charge is -2.35. The van der Waals surface area contributed by atoms with Gasteiger partial charge in [0.1, 0.15) is 0 Å². The maximum Gasteiger partial charge on any atom is 0.240 e. The minimum absolute atomic E-state index is 0.0436. The Morgan fingerprint density at radius 2 is 1.78 bits per heavy atom. The Morgan fingerprint density at radius 1 is 1.03 bits per heavy atom. The summed E-state index contributed by atoms with van der Waals surface area (Å²) in [6.07, 6.45) is 7.06. The van der Waals surface area contributed by atoms with E-state index in [4.69, 9.17) is 0 Å². The molecule has 32 heavy (non-hydrogen) atoms. The van der Waals surface area contributed by atoms with Crippen LogP contribution >= 0.6 is 0 Å². The maximum atomic E-state index is 13.9. The SMILES string of the molecule is CNS(=O)(=O)c1cccc(C2CC=CCN(C(CN3CCCC3)c3ccccc3)C2=O)c1. The number of sulfonamides is 1. The number of likely N-dealkylation sites (tertiary alicyclic amines) is 1. The molecule has 2 aliphatic heterocycles. The minimum Gasteiger partial charge on any atom is -0.330 e. The van der Waals surface area contributed by atoms with Gasteiger partial charge in [-0.1, -0.05) is 54.6 Å². The van der Waals surface area contributed by atoms with Gasteiger partial charge in [0.15, 0.2) is 0 Å². The van der Waals surface area contributed by atoms with E-state index in [1.807, 2.05) is 35.2 Å². The van der Waals surface area contributed by atoms with Gasteiger partial charge < -0.3 is 9.80 Å². The fourth-order valence-corrected chi connectivity index (χ4v) is 5.44. The van der Waals surface area contributed by atoms with Crippen LogP contribution in [0.1, 0.15) is 42.3 Å². The summed E-state index contributed by atoms with van der Waals surface area (Å²) in [5.74, 6) is -0.368. The maximum absolute atomic E-state index is 13.9. The normalized spacial score (nSPS) is 21.0. The topological polar surface area (TPSA) is 69.7 Å². The zero-order valence-corrected chi connectivity index (χ0v) is 19.3. The van der Waals surface area contributed by atoms with Crippen molar-refractivity contribution in [1.29, 1.82) is 0 Å². The van der Waals surface area contributed by atoms with Crippen molar-refractivity contribution in [1.82, 2.24) is 14.5 Å². The monoisotopic (exact) mass is 453 g/mol. The van der Waals surface area contributed by atoms with E-state index in [-0.39, 0.29) is 16.8 Å². The molecule has 0 saturated carbocycles. The predicted octanol–water partition coefficient (Wildman–Crippen LogP) is 3.30. The summed E-state index contributed by atoms with van der Waals surface area (Å²) >= 11 is 0. The molecule has 6 nitrogen and oxygen atoms in total. The highest BCUT2D eigenvalue weighted by molar-refractivity contribution is 7.89. The molecule has 2 aliphatic rings. The van der Waals surface area contributed by atoms with Crippen LogP contribution in [-0.2, 0) is 14.8 Å². The Bertz CT molecular complexity index is 1060. The Morgan fingerprint density at radius 3 is 2.50 bits per heavy atom.